The van der Waals surface area contributed by atoms with Crippen LogP contribution in [0.5, 0.6) is 0 Å². The van der Waals surface area contributed by atoms with Crippen LogP contribution in [0.3, 0.4) is 0 Å². The lowest BCUT2D eigenvalue weighted by molar-refractivity contribution is 1.14. The van der Waals surface area contributed by atoms with Gasteiger partial charge in [0.15, 0.2) is 0 Å². The lowest BCUT2D eigenvalue weighted by Gasteiger charge is -2.07. The molecule has 0 atom stereocenters. The summed E-state index contributed by atoms with van der Waals surface area (Å²) in [5.74, 6) is 0. The number of rotatable bonds is 6. The van der Waals surface area contributed by atoms with Gasteiger partial charge in [-0.05, 0) is 76.9 Å². The standard InChI is InChI=1S/C27H26N2/c28-26-5-1-3-24(18-26)16-22-11-7-20(8-12-22)15-21-9-13-23(14-10-21)17-25-4-2-6-27(29)19-25/h1-14,18-19H,15-17,28-29H2. The van der Waals surface area contributed by atoms with Crippen molar-refractivity contribution in [2.75, 3.05) is 11.5 Å². The van der Waals surface area contributed by atoms with Crippen LogP contribution in [0.25, 0.3) is 0 Å². The largest absolute Gasteiger partial charge is 0.399 e. The molecule has 0 aliphatic carbocycles. The number of anilines is 2. The van der Waals surface area contributed by atoms with E-state index in [0.717, 1.165) is 30.6 Å². The van der Waals surface area contributed by atoms with Crippen molar-refractivity contribution in [2.45, 2.75) is 19.3 Å². The smallest absolute Gasteiger partial charge is 0.0316 e. The highest BCUT2D eigenvalue weighted by Gasteiger charge is 2.02. The van der Waals surface area contributed by atoms with Crippen molar-refractivity contribution >= 4 is 11.4 Å². The van der Waals surface area contributed by atoms with Crippen molar-refractivity contribution in [2.24, 2.45) is 0 Å². The van der Waals surface area contributed by atoms with E-state index in [4.69, 9.17) is 11.5 Å². The second-order valence-electron chi connectivity index (χ2n) is 7.65. The molecule has 0 aromatic heterocycles. The molecule has 2 nitrogen and oxygen atoms in total. The van der Waals surface area contributed by atoms with Crippen molar-refractivity contribution in [1.29, 1.82) is 0 Å². The lowest BCUT2D eigenvalue weighted by Crippen LogP contribution is -1.94. The first-order valence-corrected chi connectivity index (χ1v) is 9.98. The Kier molecular flexibility index (Phi) is 5.62. The third kappa shape index (κ3) is 5.26. The van der Waals surface area contributed by atoms with Crippen LogP contribution in [0.15, 0.2) is 97.1 Å². The second-order valence-corrected chi connectivity index (χ2v) is 7.65. The first-order valence-electron chi connectivity index (χ1n) is 9.98. The normalized spacial score (nSPS) is 10.8. The molecular formula is C27H26N2. The lowest BCUT2D eigenvalue weighted by atomic mass is 9.98. The van der Waals surface area contributed by atoms with E-state index in [2.05, 4.69) is 60.7 Å². The Hall–Kier alpha value is -3.52. The van der Waals surface area contributed by atoms with Crippen LogP contribution in [0.2, 0.25) is 0 Å². The minimum Gasteiger partial charge on any atom is -0.399 e. The topological polar surface area (TPSA) is 52.0 Å². The first kappa shape index (κ1) is 18.8. The predicted molar refractivity (Wildman–Crippen MR) is 123 cm³/mol. The molecule has 144 valence electrons. The van der Waals surface area contributed by atoms with Gasteiger partial charge in [0.25, 0.3) is 0 Å². The molecule has 0 fully saturated rings. The van der Waals surface area contributed by atoms with Gasteiger partial charge in [-0.15, -0.1) is 0 Å². The molecule has 0 saturated heterocycles. The molecule has 4 rings (SSSR count). The summed E-state index contributed by atoms with van der Waals surface area (Å²) in [5.41, 5.74) is 21.1. The summed E-state index contributed by atoms with van der Waals surface area (Å²) >= 11 is 0. The summed E-state index contributed by atoms with van der Waals surface area (Å²) in [6.45, 7) is 0. The summed E-state index contributed by atoms with van der Waals surface area (Å²) in [7, 11) is 0. The third-order valence-electron chi connectivity index (χ3n) is 5.17. The van der Waals surface area contributed by atoms with Crippen molar-refractivity contribution in [1.82, 2.24) is 0 Å². The van der Waals surface area contributed by atoms with Gasteiger partial charge in [0.2, 0.25) is 0 Å². The maximum Gasteiger partial charge on any atom is 0.0316 e. The first-order chi connectivity index (χ1) is 14.1. The van der Waals surface area contributed by atoms with Gasteiger partial charge in [-0.3, -0.25) is 0 Å². The minimum atomic E-state index is 0.818. The number of nitrogens with two attached hydrogens (primary N) is 2. The van der Waals surface area contributed by atoms with E-state index in [0.29, 0.717) is 0 Å². The zero-order valence-electron chi connectivity index (χ0n) is 16.5. The van der Waals surface area contributed by atoms with Gasteiger partial charge in [-0.2, -0.15) is 0 Å². The Morgan fingerprint density at radius 1 is 0.379 bits per heavy atom. The number of nitrogen functional groups attached to an aromatic ring is 2. The fraction of sp³-hybridized carbons (Fsp3) is 0.111. The molecule has 4 N–H and O–H groups in total. The maximum atomic E-state index is 5.88. The van der Waals surface area contributed by atoms with Crippen molar-refractivity contribution < 1.29 is 0 Å². The van der Waals surface area contributed by atoms with Gasteiger partial charge in [0, 0.05) is 11.4 Å². The Morgan fingerprint density at radius 3 is 1.00 bits per heavy atom. The van der Waals surface area contributed by atoms with Crippen LogP contribution in [0.1, 0.15) is 33.4 Å². The van der Waals surface area contributed by atoms with Gasteiger partial charge < -0.3 is 11.5 Å². The monoisotopic (exact) mass is 378 g/mol. The number of hydrogen-bond acceptors (Lipinski definition) is 2. The van der Waals surface area contributed by atoms with Gasteiger partial charge in [0.1, 0.15) is 0 Å². The van der Waals surface area contributed by atoms with Gasteiger partial charge >= 0.3 is 0 Å². The SMILES string of the molecule is Nc1cccc(Cc2ccc(Cc3ccc(Cc4cccc(N)c4)cc3)cc2)c1. The van der Waals surface area contributed by atoms with Gasteiger partial charge in [0.05, 0.1) is 0 Å². The maximum absolute atomic E-state index is 5.88. The van der Waals surface area contributed by atoms with Crippen LogP contribution in [-0.4, -0.2) is 0 Å². The molecule has 0 aliphatic rings. The molecule has 4 aromatic rings. The average molecular weight is 379 g/mol. The van der Waals surface area contributed by atoms with Crippen molar-refractivity contribution in [3.05, 3.63) is 130 Å². The van der Waals surface area contributed by atoms with Gasteiger partial charge in [-0.1, -0.05) is 72.8 Å². The molecule has 4 aromatic carbocycles. The van der Waals surface area contributed by atoms with E-state index in [1.54, 1.807) is 0 Å². The Morgan fingerprint density at radius 2 is 0.690 bits per heavy atom. The molecule has 2 heteroatoms. The summed E-state index contributed by atoms with van der Waals surface area (Å²) in [6, 6.07) is 33.9. The zero-order chi connectivity index (χ0) is 20.1. The Balaban J connectivity index is 1.37. The fourth-order valence-electron chi connectivity index (χ4n) is 3.66. The van der Waals surface area contributed by atoms with E-state index < -0.39 is 0 Å². The van der Waals surface area contributed by atoms with Crippen LogP contribution in [-0.2, 0) is 19.3 Å². The summed E-state index contributed by atoms with van der Waals surface area (Å²) < 4.78 is 0. The van der Waals surface area contributed by atoms with Crippen LogP contribution < -0.4 is 11.5 Å². The van der Waals surface area contributed by atoms with E-state index in [9.17, 15) is 0 Å². The highest BCUT2D eigenvalue weighted by molar-refractivity contribution is 5.43. The van der Waals surface area contributed by atoms with Crippen molar-refractivity contribution in [3.8, 4) is 0 Å². The Bertz CT molecular complexity index is 991. The number of benzene rings is 4. The minimum absolute atomic E-state index is 0.818. The highest BCUT2D eigenvalue weighted by Crippen LogP contribution is 2.17. The number of hydrogen-bond donors (Lipinski definition) is 2. The Labute approximate surface area is 172 Å². The molecule has 0 unspecified atom stereocenters. The van der Waals surface area contributed by atoms with E-state index in [1.807, 2.05) is 36.4 Å². The van der Waals surface area contributed by atoms with E-state index in [-0.39, 0.29) is 0 Å². The van der Waals surface area contributed by atoms with Crippen LogP contribution in [0, 0.1) is 0 Å². The molecule has 0 amide bonds. The van der Waals surface area contributed by atoms with Crippen molar-refractivity contribution in [3.63, 3.8) is 0 Å². The van der Waals surface area contributed by atoms with E-state index in [1.165, 1.54) is 33.4 Å². The second kappa shape index (κ2) is 8.66. The zero-order valence-corrected chi connectivity index (χ0v) is 16.5. The molecule has 0 aliphatic heterocycles. The molecule has 0 bridgehead atoms. The summed E-state index contributed by atoms with van der Waals surface area (Å²) in [6.07, 6.45) is 2.76. The molecular weight excluding hydrogens is 352 g/mol. The molecule has 0 spiro atoms. The quantitative estimate of drug-likeness (QED) is 0.428. The highest BCUT2D eigenvalue weighted by atomic mass is 14.5. The third-order valence-corrected chi connectivity index (χ3v) is 5.17. The summed E-state index contributed by atoms with van der Waals surface area (Å²) in [5, 5.41) is 0. The van der Waals surface area contributed by atoms with E-state index >= 15 is 0 Å². The van der Waals surface area contributed by atoms with Gasteiger partial charge in [-0.25, -0.2) is 0 Å². The molecule has 0 saturated carbocycles. The van der Waals surface area contributed by atoms with Crippen LogP contribution >= 0.6 is 0 Å². The molecule has 29 heavy (non-hydrogen) atoms. The fourth-order valence-corrected chi connectivity index (χ4v) is 3.66. The molecule has 0 radical (unpaired) electrons. The summed E-state index contributed by atoms with van der Waals surface area (Å²) in [4.78, 5) is 0. The predicted octanol–water partition coefficient (Wildman–Crippen LogP) is 5.62. The molecule has 0 heterocycles. The average Bonchev–Trinajstić information content (AvgIpc) is 2.71. The van der Waals surface area contributed by atoms with Crippen LogP contribution in [0.4, 0.5) is 11.4 Å².